The molecule has 4 aliphatic rings. The number of piperidine rings is 3. The van der Waals surface area contributed by atoms with Gasteiger partial charge in [-0.1, -0.05) is 12.1 Å². The van der Waals surface area contributed by atoms with Crippen molar-refractivity contribution < 1.29 is 14.3 Å². The van der Waals surface area contributed by atoms with Crippen LogP contribution >= 0.6 is 0 Å². The second-order valence-electron chi connectivity index (χ2n) is 7.95. The monoisotopic (exact) mass is 371 g/mol. The van der Waals surface area contributed by atoms with E-state index in [2.05, 4.69) is 27.2 Å². The fourth-order valence-electron chi connectivity index (χ4n) is 5.34. The largest absolute Gasteiger partial charge is 0.497 e. The molecular weight excluding hydrogens is 342 g/mol. The van der Waals surface area contributed by atoms with E-state index < -0.39 is 0 Å². The molecule has 27 heavy (non-hydrogen) atoms. The topological polar surface area (TPSA) is 61.9 Å². The highest BCUT2D eigenvalue weighted by Gasteiger charge is 2.54. The normalized spacial score (nSPS) is 31.5. The Morgan fingerprint density at radius 2 is 1.81 bits per heavy atom. The van der Waals surface area contributed by atoms with Crippen molar-refractivity contribution in [1.29, 1.82) is 0 Å². The van der Waals surface area contributed by atoms with Crippen LogP contribution in [0, 0.1) is 5.92 Å². The van der Waals surface area contributed by atoms with Crippen LogP contribution in [-0.4, -0.2) is 67.5 Å². The van der Waals surface area contributed by atoms with Gasteiger partial charge in [-0.05, 0) is 49.5 Å². The number of benzene rings is 1. The van der Waals surface area contributed by atoms with E-state index in [1.807, 2.05) is 12.1 Å². The molecule has 146 valence electrons. The molecular formula is C21H29N3O3. The molecule has 4 aliphatic heterocycles. The van der Waals surface area contributed by atoms with Gasteiger partial charge in [0, 0.05) is 38.4 Å². The van der Waals surface area contributed by atoms with Crippen molar-refractivity contribution in [3.8, 4) is 5.75 Å². The van der Waals surface area contributed by atoms with E-state index in [4.69, 9.17) is 4.74 Å². The summed E-state index contributed by atoms with van der Waals surface area (Å²) in [4.78, 5) is 29.3. The molecule has 4 heterocycles. The summed E-state index contributed by atoms with van der Waals surface area (Å²) in [5.74, 6) is 1.83. The molecule has 0 spiro atoms. The lowest BCUT2D eigenvalue weighted by Crippen LogP contribution is -2.60. The number of amides is 2. The maximum atomic E-state index is 13.0. The third kappa shape index (κ3) is 3.31. The number of ether oxygens (including phenoxy) is 1. The van der Waals surface area contributed by atoms with Crippen LogP contribution in [0.2, 0.25) is 0 Å². The second-order valence-corrected chi connectivity index (χ2v) is 7.95. The van der Waals surface area contributed by atoms with E-state index in [1.54, 1.807) is 14.2 Å². The van der Waals surface area contributed by atoms with E-state index in [9.17, 15) is 9.59 Å². The van der Waals surface area contributed by atoms with Crippen LogP contribution in [0.3, 0.4) is 0 Å². The third-order valence-electron chi connectivity index (χ3n) is 6.70. The molecule has 3 atom stereocenters. The van der Waals surface area contributed by atoms with Crippen LogP contribution in [0.15, 0.2) is 24.3 Å². The molecule has 4 saturated heterocycles. The lowest BCUT2D eigenvalue weighted by atomic mass is 9.75. The summed E-state index contributed by atoms with van der Waals surface area (Å²) in [5, 5.41) is 2.61. The lowest BCUT2D eigenvalue weighted by Gasteiger charge is -2.51. The molecule has 6 heteroatoms. The summed E-state index contributed by atoms with van der Waals surface area (Å²) in [7, 11) is 3.30. The summed E-state index contributed by atoms with van der Waals surface area (Å²) in [6, 6.07) is 8.99. The molecule has 4 fully saturated rings. The molecule has 1 aromatic carbocycles. The zero-order valence-corrected chi connectivity index (χ0v) is 16.2. The van der Waals surface area contributed by atoms with Crippen LogP contribution in [0.4, 0.5) is 0 Å². The van der Waals surface area contributed by atoms with Gasteiger partial charge in [-0.3, -0.25) is 14.5 Å². The Hall–Kier alpha value is -2.08. The Labute approximate surface area is 160 Å². The minimum Gasteiger partial charge on any atom is -0.497 e. The molecule has 6 nitrogen and oxygen atoms in total. The zero-order chi connectivity index (χ0) is 19.0. The third-order valence-corrected chi connectivity index (χ3v) is 6.70. The molecule has 0 aliphatic carbocycles. The van der Waals surface area contributed by atoms with Crippen LogP contribution < -0.4 is 10.1 Å². The summed E-state index contributed by atoms with van der Waals surface area (Å²) in [6.45, 7) is 3.03. The fraction of sp³-hybridized carbons (Fsp3) is 0.619. The fourth-order valence-corrected chi connectivity index (χ4v) is 5.34. The molecule has 0 aromatic heterocycles. The summed E-state index contributed by atoms with van der Waals surface area (Å²) >= 11 is 0. The van der Waals surface area contributed by atoms with Gasteiger partial charge in [0.05, 0.1) is 13.2 Å². The van der Waals surface area contributed by atoms with Crippen LogP contribution in [0.25, 0.3) is 0 Å². The van der Waals surface area contributed by atoms with Crippen molar-refractivity contribution in [2.45, 2.75) is 43.7 Å². The van der Waals surface area contributed by atoms with Gasteiger partial charge < -0.3 is 15.0 Å². The lowest BCUT2D eigenvalue weighted by molar-refractivity contribution is -0.137. The quantitative estimate of drug-likeness (QED) is 0.854. The van der Waals surface area contributed by atoms with Crippen LogP contribution in [0.1, 0.15) is 37.2 Å². The summed E-state index contributed by atoms with van der Waals surface area (Å²) in [6.07, 6.45) is 2.92. The first-order chi connectivity index (χ1) is 13.1. The molecule has 0 radical (unpaired) electrons. The Kier molecular flexibility index (Phi) is 5.08. The number of carbonyl (C=O) groups is 2. The number of nitrogens with one attached hydrogen (secondary N) is 1. The molecule has 0 saturated carbocycles. The average Bonchev–Trinajstić information content (AvgIpc) is 3.15. The first kappa shape index (κ1) is 18.3. The smallest absolute Gasteiger partial charge is 0.223 e. The number of hydrogen-bond donors (Lipinski definition) is 1. The van der Waals surface area contributed by atoms with Gasteiger partial charge in [0.25, 0.3) is 0 Å². The van der Waals surface area contributed by atoms with E-state index in [0.717, 1.165) is 25.4 Å². The first-order valence-corrected chi connectivity index (χ1v) is 10.0. The summed E-state index contributed by atoms with van der Waals surface area (Å²) in [5.41, 5.74) is 1.28. The Balaban J connectivity index is 1.57. The molecule has 2 bridgehead atoms. The van der Waals surface area contributed by atoms with Gasteiger partial charge in [-0.25, -0.2) is 0 Å². The Morgan fingerprint density at radius 3 is 2.44 bits per heavy atom. The van der Waals surface area contributed by atoms with Crippen molar-refractivity contribution in [2.24, 2.45) is 5.92 Å². The highest BCUT2D eigenvalue weighted by atomic mass is 16.5. The van der Waals surface area contributed by atoms with Gasteiger partial charge in [0.2, 0.25) is 11.8 Å². The van der Waals surface area contributed by atoms with E-state index in [1.165, 1.54) is 18.4 Å². The van der Waals surface area contributed by atoms with Crippen molar-refractivity contribution in [1.82, 2.24) is 15.1 Å². The number of methoxy groups -OCH3 is 1. The van der Waals surface area contributed by atoms with Crippen molar-refractivity contribution in [2.75, 3.05) is 33.8 Å². The minimum atomic E-state index is -0.0697. The van der Waals surface area contributed by atoms with Crippen molar-refractivity contribution >= 4 is 11.8 Å². The highest BCUT2D eigenvalue weighted by Crippen LogP contribution is 2.46. The summed E-state index contributed by atoms with van der Waals surface area (Å²) < 4.78 is 5.30. The number of likely N-dealkylation sites (tertiary alicyclic amines) is 1. The first-order valence-electron chi connectivity index (χ1n) is 10.0. The molecule has 5 rings (SSSR count). The zero-order valence-electron chi connectivity index (χ0n) is 16.2. The van der Waals surface area contributed by atoms with Crippen molar-refractivity contribution in [3.05, 3.63) is 29.8 Å². The maximum Gasteiger partial charge on any atom is 0.223 e. The standard InChI is InChI=1S/C21H29N3O3/c1-22-18(25)7-8-19(26)24-13-17(14-3-5-16(27-2)6-4-14)21-20(24)15-9-11-23(21)12-10-15/h3-6,15,17,20-21H,7-13H2,1-2H3,(H,22,25)/t17-,20+,21+/m1/s1. The number of fused-ring (bicyclic) bond motifs is 2. The van der Waals surface area contributed by atoms with Gasteiger partial charge >= 0.3 is 0 Å². The predicted molar refractivity (Wildman–Crippen MR) is 103 cm³/mol. The average molecular weight is 371 g/mol. The Morgan fingerprint density at radius 1 is 1.11 bits per heavy atom. The predicted octanol–water partition coefficient (Wildman–Crippen LogP) is 1.61. The number of rotatable bonds is 5. The van der Waals surface area contributed by atoms with Gasteiger partial charge in [-0.2, -0.15) is 0 Å². The Bertz CT molecular complexity index is 697. The maximum absolute atomic E-state index is 13.0. The molecule has 2 amide bonds. The van der Waals surface area contributed by atoms with Crippen molar-refractivity contribution in [3.63, 3.8) is 0 Å². The molecule has 0 unspecified atom stereocenters. The van der Waals surface area contributed by atoms with Crippen LogP contribution in [0.5, 0.6) is 5.75 Å². The number of hydrogen-bond acceptors (Lipinski definition) is 4. The van der Waals surface area contributed by atoms with Crippen LogP contribution in [-0.2, 0) is 9.59 Å². The number of carbonyl (C=O) groups excluding carboxylic acids is 2. The molecule has 1 N–H and O–H groups in total. The second kappa shape index (κ2) is 7.50. The van der Waals surface area contributed by atoms with Gasteiger partial charge in [0.15, 0.2) is 0 Å². The minimum absolute atomic E-state index is 0.0697. The van der Waals surface area contributed by atoms with E-state index in [-0.39, 0.29) is 24.3 Å². The number of nitrogens with zero attached hydrogens (tertiary/aromatic N) is 2. The van der Waals surface area contributed by atoms with E-state index in [0.29, 0.717) is 24.3 Å². The van der Waals surface area contributed by atoms with Gasteiger partial charge in [-0.15, -0.1) is 0 Å². The highest BCUT2D eigenvalue weighted by molar-refractivity contribution is 5.84. The molecule has 1 aromatic rings. The SMILES string of the molecule is CNC(=O)CCC(=O)N1C[C@H](c2ccc(OC)cc2)[C@H]2[C@@H]1C1CCN2CC1. The van der Waals surface area contributed by atoms with E-state index >= 15 is 0 Å². The van der Waals surface area contributed by atoms with Gasteiger partial charge in [0.1, 0.15) is 5.75 Å².